The van der Waals surface area contributed by atoms with Crippen LogP contribution in [0.2, 0.25) is 0 Å². The van der Waals surface area contributed by atoms with Gasteiger partial charge in [-0.25, -0.2) is 0 Å². The standard InChI is InChI=1S/C71H120O6/c1-4-7-10-13-16-19-22-25-28-30-32-34-35-37-38-40-43-46-49-52-55-58-61-64-70(73)76-67-68(66-75-69(72)63-60-57-54-51-48-45-42-27-24-21-18-15-12-9-6-3)77-71(74)65-62-59-56-53-50-47-44-41-39-36-33-31-29-26-23-20-17-14-11-8-5-2/h9,12,18,21-23,25-27,30-33,35,37,42,48,51,68H,4-8,10-11,13-17,19-20,24,28-29,34,36,38-41,43-47,49-50,52-67H2,1-3H3/b12-9-,21-18-,25-22-,26-23-,32-30-,33-31-,37-35-,42-27-,51-48-. The Morgan fingerprint density at radius 1 is 0.273 bits per heavy atom. The molecule has 0 amide bonds. The SMILES string of the molecule is CC/C=C\C/C=C\C/C=C\C/C=C\CCCCC(=O)OCC(COC(=O)CCCCCCCCCC/C=C\C/C=C\C/C=C\CCCCCCC)OC(=O)CCCCCCCCCCC/C=C\C/C=C\CCCCCCC. The molecule has 1 unspecified atom stereocenters. The van der Waals surface area contributed by atoms with E-state index in [1.165, 1.54) is 154 Å². The van der Waals surface area contributed by atoms with Gasteiger partial charge in [0.05, 0.1) is 0 Å². The first-order valence-corrected chi connectivity index (χ1v) is 32.4. The molecule has 6 heteroatoms. The van der Waals surface area contributed by atoms with E-state index >= 15 is 0 Å². The summed E-state index contributed by atoms with van der Waals surface area (Å²) in [4.78, 5) is 38.3. The largest absolute Gasteiger partial charge is 0.462 e. The zero-order valence-electron chi connectivity index (χ0n) is 50.4. The van der Waals surface area contributed by atoms with Gasteiger partial charge in [-0.2, -0.15) is 0 Å². The average molecular weight is 1070 g/mol. The topological polar surface area (TPSA) is 78.9 Å². The Balaban J connectivity index is 4.42. The Morgan fingerprint density at radius 3 is 0.818 bits per heavy atom. The minimum atomic E-state index is -0.804. The van der Waals surface area contributed by atoms with Crippen LogP contribution in [-0.2, 0) is 28.6 Å². The lowest BCUT2D eigenvalue weighted by Gasteiger charge is -2.18. The molecule has 0 spiro atoms. The number of carbonyl (C=O) groups excluding carboxylic acids is 3. The maximum Gasteiger partial charge on any atom is 0.306 e. The van der Waals surface area contributed by atoms with E-state index in [2.05, 4.69) is 130 Å². The summed E-state index contributed by atoms with van der Waals surface area (Å²) in [5.74, 6) is -0.945. The fourth-order valence-electron chi connectivity index (χ4n) is 8.88. The van der Waals surface area contributed by atoms with Crippen molar-refractivity contribution in [3.8, 4) is 0 Å². The summed E-state index contributed by atoms with van der Waals surface area (Å²) in [7, 11) is 0. The highest BCUT2D eigenvalue weighted by atomic mass is 16.6. The minimum Gasteiger partial charge on any atom is -0.462 e. The lowest BCUT2D eigenvalue weighted by atomic mass is 10.1. The number of hydrogen-bond donors (Lipinski definition) is 0. The summed E-state index contributed by atoms with van der Waals surface area (Å²) in [6.07, 6.45) is 88.1. The summed E-state index contributed by atoms with van der Waals surface area (Å²) < 4.78 is 16.9. The number of rotatable bonds is 58. The summed E-state index contributed by atoms with van der Waals surface area (Å²) in [6.45, 7) is 6.48. The van der Waals surface area contributed by atoms with Crippen molar-refractivity contribution in [3.05, 3.63) is 109 Å². The molecule has 0 heterocycles. The van der Waals surface area contributed by atoms with Crippen LogP contribution in [0.3, 0.4) is 0 Å². The molecule has 0 aliphatic rings. The van der Waals surface area contributed by atoms with Crippen molar-refractivity contribution in [3.63, 3.8) is 0 Å². The van der Waals surface area contributed by atoms with E-state index in [1.54, 1.807) is 0 Å². The van der Waals surface area contributed by atoms with Crippen LogP contribution in [0.15, 0.2) is 109 Å². The van der Waals surface area contributed by atoms with E-state index in [-0.39, 0.29) is 31.1 Å². The van der Waals surface area contributed by atoms with Gasteiger partial charge in [-0.3, -0.25) is 14.4 Å². The zero-order chi connectivity index (χ0) is 55.7. The second kappa shape index (κ2) is 64.6. The average Bonchev–Trinajstić information content (AvgIpc) is 3.43. The number of ether oxygens (including phenoxy) is 3. The van der Waals surface area contributed by atoms with Crippen LogP contribution in [0.4, 0.5) is 0 Å². The smallest absolute Gasteiger partial charge is 0.306 e. The monoisotopic (exact) mass is 1070 g/mol. The summed E-state index contributed by atoms with van der Waals surface area (Å²) in [6, 6.07) is 0. The van der Waals surface area contributed by atoms with E-state index in [0.29, 0.717) is 19.3 Å². The van der Waals surface area contributed by atoms with Crippen LogP contribution in [0.25, 0.3) is 0 Å². The Bertz CT molecular complexity index is 1560. The molecule has 77 heavy (non-hydrogen) atoms. The maximum atomic E-state index is 12.9. The van der Waals surface area contributed by atoms with Gasteiger partial charge in [-0.15, -0.1) is 0 Å². The summed E-state index contributed by atoms with van der Waals surface area (Å²) >= 11 is 0. The Labute approximate surface area is 476 Å². The third-order valence-corrected chi connectivity index (χ3v) is 13.7. The molecule has 6 nitrogen and oxygen atoms in total. The molecule has 0 aromatic rings. The van der Waals surface area contributed by atoms with Gasteiger partial charge in [0.1, 0.15) is 13.2 Å². The lowest BCUT2D eigenvalue weighted by molar-refractivity contribution is -0.167. The molecule has 0 aromatic carbocycles. The van der Waals surface area contributed by atoms with Gasteiger partial charge in [0.2, 0.25) is 0 Å². The van der Waals surface area contributed by atoms with Crippen molar-refractivity contribution >= 4 is 17.9 Å². The van der Waals surface area contributed by atoms with Gasteiger partial charge in [0.25, 0.3) is 0 Å². The number of allylic oxidation sites excluding steroid dienone is 18. The van der Waals surface area contributed by atoms with Crippen LogP contribution < -0.4 is 0 Å². The number of hydrogen-bond acceptors (Lipinski definition) is 6. The quantitative estimate of drug-likeness (QED) is 0.0261. The summed E-state index contributed by atoms with van der Waals surface area (Å²) in [5, 5.41) is 0. The molecule has 0 rings (SSSR count). The first kappa shape index (κ1) is 73.1. The zero-order valence-corrected chi connectivity index (χ0v) is 50.4. The van der Waals surface area contributed by atoms with Crippen molar-refractivity contribution in [1.29, 1.82) is 0 Å². The summed E-state index contributed by atoms with van der Waals surface area (Å²) in [5.41, 5.74) is 0. The van der Waals surface area contributed by atoms with Gasteiger partial charge in [-0.1, -0.05) is 265 Å². The van der Waals surface area contributed by atoms with Gasteiger partial charge >= 0.3 is 17.9 Å². The molecule has 0 radical (unpaired) electrons. The number of esters is 3. The van der Waals surface area contributed by atoms with Gasteiger partial charge < -0.3 is 14.2 Å². The van der Waals surface area contributed by atoms with E-state index in [0.717, 1.165) is 109 Å². The normalized spacial score (nSPS) is 12.8. The molecule has 0 bridgehead atoms. The van der Waals surface area contributed by atoms with Crippen molar-refractivity contribution in [2.75, 3.05) is 13.2 Å². The third-order valence-electron chi connectivity index (χ3n) is 13.7. The lowest BCUT2D eigenvalue weighted by Crippen LogP contribution is -2.30. The van der Waals surface area contributed by atoms with Crippen molar-refractivity contribution in [1.82, 2.24) is 0 Å². The molecule has 0 aliphatic heterocycles. The molecule has 1 atom stereocenters. The third kappa shape index (κ3) is 62.8. The molecule has 440 valence electrons. The van der Waals surface area contributed by atoms with Gasteiger partial charge in [0.15, 0.2) is 6.10 Å². The van der Waals surface area contributed by atoms with Crippen LogP contribution in [-0.4, -0.2) is 37.2 Å². The van der Waals surface area contributed by atoms with Crippen LogP contribution in [0.1, 0.15) is 303 Å². The molecular weight excluding hydrogens is 949 g/mol. The molecule has 0 aromatic heterocycles. The van der Waals surface area contributed by atoms with Crippen molar-refractivity contribution < 1.29 is 28.6 Å². The highest BCUT2D eigenvalue weighted by Gasteiger charge is 2.19. The molecule has 0 saturated heterocycles. The predicted molar refractivity (Wildman–Crippen MR) is 334 cm³/mol. The highest BCUT2D eigenvalue weighted by molar-refractivity contribution is 5.71. The Morgan fingerprint density at radius 2 is 0.506 bits per heavy atom. The first-order valence-electron chi connectivity index (χ1n) is 32.4. The second-order valence-corrected chi connectivity index (χ2v) is 21.3. The van der Waals surface area contributed by atoms with E-state index < -0.39 is 6.10 Å². The Kier molecular flexibility index (Phi) is 61.3. The van der Waals surface area contributed by atoms with Crippen molar-refractivity contribution in [2.45, 2.75) is 309 Å². The second-order valence-electron chi connectivity index (χ2n) is 21.3. The van der Waals surface area contributed by atoms with Crippen LogP contribution in [0, 0.1) is 0 Å². The van der Waals surface area contributed by atoms with Crippen LogP contribution in [0.5, 0.6) is 0 Å². The fraction of sp³-hybridized carbons (Fsp3) is 0.704. The van der Waals surface area contributed by atoms with Gasteiger partial charge in [-0.05, 0) is 128 Å². The van der Waals surface area contributed by atoms with Gasteiger partial charge in [0, 0.05) is 19.3 Å². The van der Waals surface area contributed by atoms with E-state index in [1.807, 2.05) is 0 Å². The molecule has 0 aliphatic carbocycles. The molecule has 0 saturated carbocycles. The minimum absolute atomic E-state index is 0.0978. The molecule has 0 N–H and O–H groups in total. The fourth-order valence-corrected chi connectivity index (χ4v) is 8.88. The Hall–Kier alpha value is -3.93. The maximum absolute atomic E-state index is 12.9. The van der Waals surface area contributed by atoms with Crippen LogP contribution >= 0.6 is 0 Å². The van der Waals surface area contributed by atoms with Crippen molar-refractivity contribution in [2.24, 2.45) is 0 Å². The number of carbonyl (C=O) groups is 3. The highest BCUT2D eigenvalue weighted by Crippen LogP contribution is 2.15. The molecular formula is C71H120O6. The predicted octanol–water partition coefficient (Wildman–Crippen LogP) is 22.2. The first-order chi connectivity index (χ1) is 38.0. The van der Waals surface area contributed by atoms with E-state index in [9.17, 15) is 14.4 Å². The number of unbranched alkanes of at least 4 members (excludes halogenated alkanes) is 29. The molecule has 0 fully saturated rings. The van der Waals surface area contributed by atoms with E-state index in [4.69, 9.17) is 14.2 Å².